The maximum atomic E-state index is 11.8. The van der Waals surface area contributed by atoms with Crippen LogP contribution in [0, 0.1) is 0 Å². The molecule has 22 heavy (non-hydrogen) atoms. The molecule has 1 aromatic carbocycles. The molecule has 0 aliphatic carbocycles. The Kier molecular flexibility index (Phi) is 7.01. The van der Waals surface area contributed by atoms with E-state index in [1.165, 1.54) is 0 Å². The minimum atomic E-state index is -0.759. The predicted molar refractivity (Wildman–Crippen MR) is 86.7 cm³/mol. The fourth-order valence-corrected chi connectivity index (χ4v) is 1.92. The van der Waals surface area contributed by atoms with Gasteiger partial charge in [-0.25, -0.2) is 0 Å². The van der Waals surface area contributed by atoms with Crippen molar-refractivity contribution >= 4 is 17.5 Å². The third-order valence-electron chi connectivity index (χ3n) is 3.12. The number of nitrogens with zero attached hydrogens (tertiary/aromatic N) is 1. The Morgan fingerprint density at radius 2 is 1.73 bits per heavy atom. The molecule has 0 aromatic heterocycles. The van der Waals surface area contributed by atoms with Gasteiger partial charge in [0.1, 0.15) is 0 Å². The van der Waals surface area contributed by atoms with Crippen LogP contribution in [-0.2, 0) is 9.59 Å². The first-order chi connectivity index (χ1) is 10.3. The molecule has 3 N–H and O–H groups in total. The van der Waals surface area contributed by atoms with E-state index in [9.17, 15) is 14.7 Å². The topological polar surface area (TPSA) is 81.7 Å². The van der Waals surface area contributed by atoms with Crippen molar-refractivity contribution in [2.24, 2.45) is 0 Å². The Bertz CT molecular complexity index is 498. The van der Waals surface area contributed by atoms with Crippen LogP contribution in [0.1, 0.15) is 25.3 Å². The molecule has 0 radical (unpaired) electrons. The predicted octanol–water partition coefficient (Wildman–Crippen LogP) is 0.787. The van der Waals surface area contributed by atoms with Gasteiger partial charge in [-0.05, 0) is 37.7 Å². The number of nitrogens with one attached hydrogen (secondary N) is 2. The van der Waals surface area contributed by atoms with Crippen molar-refractivity contribution in [1.82, 2.24) is 10.2 Å². The Morgan fingerprint density at radius 1 is 1.14 bits per heavy atom. The van der Waals surface area contributed by atoms with Crippen LogP contribution in [0.5, 0.6) is 0 Å². The molecule has 0 fully saturated rings. The fourth-order valence-electron chi connectivity index (χ4n) is 1.92. The van der Waals surface area contributed by atoms with E-state index < -0.39 is 17.9 Å². The Morgan fingerprint density at radius 3 is 2.23 bits per heavy atom. The van der Waals surface area contributed by atoms with Crippen molar-refractivity contribution in [3.8, 4) is 0 Å². The number of anilines is 1. The molecule has 6 nitrogen and oxygen atoms in total. The number of benzene rings is 1. The van der Waals surface area contributed by atoms with Gasteiger partial charge in [0, 0.05) is 18.8 Å². The highest BCUT2D eigenvalue weighted by atomic mass is 16.3. The second-order valence-corrected chi connectivity index (χ2v) is 5.86. The molecule has 6 heteroatoms. The number of amides is 2. The van der Waals surface area contributed by atoms with Gasteiger partial charge >= 0.3 is 11.8 Å². The first-order valence-electron chi connectivity index (χ1n) is 7.31. The fraction of sp³-hybridized carbons (Fsp3) is 0.500. The van der Waals surface area contributed by atoms with E-state index in [-0.39, 0.29) is 6.54 Å². The quantitative estimate of drug-likeness (QED) is 0.679. The Hall–Kier alpha value is -1.92. The van der Waals surface area contributed by atoms with E-state index in [1.807, 2.05) is 26.2 Å². The number of hydrogen-bond acceptors (Lipinski definition) is 4. The maximum absolute atomic E-state index is 11.8. The molecule has 1 aromatic rings. The van der Waals surface area contributed by atoms with Crippen LogP contribution in [0.2, 0.25) is 0 Å². The number of carbonyl (C=O) groups excluding carboxylic acids is 2. The monoisotopic (exact) mass is 307 g/mol. The molecule has 0 aliphatic heterocycles. The third-order valence-corrected chi connectivity index (χ3v) is 3.12. The zero-order valence-corrected chi connectivity index (χ0v) is 13.6. The second-order valence-electron chi connectivity index (χ2n) is 5.86. The van der Waals surface area contributed by atoms with Crippen LogP contribution >= 0.6 is 0 Å². The van der Waals surface area contributed by atoms with E-state index in [0.29, 0.717) is 18.2 Å². The van der Waals surface area contributed by atoms with E-state index in [1.54, 1.807) is 17.0 Å². The van der Waals surface area contributed by atoms with Crippen molar-refractivity contribution < 1.29 is 14.7 Å². The average molecular weight is 307 g/mol. The number of aliphatic hydroxyl groups is 1. The van der Waals surface area contributed by atoms with Crippen LogP contribution in [0.3, 0.4) is 0 Å². The molecule has 1 unspecified atom stereocenters. The molecule has 0 spiro atoms. The number of hydrogen-bond donors (Lipinski definition) is 3. The van der Waals surface area contributed by atoms with E-state index in [4.69, 9.17) is 0 Å². The van der Waals surface area contributed by atoms with Gasteiger partial charge in [0.25, 0.3) is 0 Å². The van der Waals surface area contributed by atoms with Crippen LogP contribution in [0.25, 0.3) is 0 Å². The van der Waals surface area contributed by atoms with Crippen molar-refractivity contribution in [3.05, 3.63) is 29.8 Å². The highest BCUT2D eigenvalue weighted by Crippen LogP contribution is 2.16. The van der Waals surface area contributed by atoms with Crippen LogP contribution in [0.4, 0.5) is 5.69 Å². The molecule has 122 valence electrons. The first-order valence-corrected chi connectivity index (χ1v) is 7.31. The van der Waals surface area contributed by atoms with Gasteiger partial charge in [-0.3, -0.25) is 9.59 Å². The van der Waals surface area contributed by atoms with Crippen LogP contribution in [-0.4, -0.2) is 55.1 Å². The van der Waals surface area contributed by atoms with Gasteiger partial charge in [0.15, 0.2) is 0 Å². The summed E-state index contributed by atoms with van der Waals surface area (Å²) >= 11 is 0. The van der Waals surface area contributed by atoms with E-state index in [0.717, 1.165) is 5.56 Å². The number of carbonyl (C=O) groups is 2. The van der Waals surface area contributed by atoms with Crippen molar-refractivity contribution in [1.29, 1.82) is 0 Å². The molecule has 2 amide bonds. The van der Waals surface area contributed by atoms with Gasteiger partial charge in [-0.2, -0.15) is 0 Å². The number of likely N-dealkylation sites (N-methyl/N-ethyl adjacent to an activating group) is 1. The summed E-state index contributed by atoms with van der Waals surface area (Å²) in [5.41, 5.74) is 1.73. The third kappa shape index (κ3) is 6.24. The molecular formula is C16H25N3O3. The summed E-state index contributed by atoms with van der Waals surface area (Å²) in [6, 6.07) is 7.36. The van der Waals surface area contributed by atoms with E-state index in [2.05, 4.69) is 24.5 Å². The zero-order chi connectivity index (χ0) is 16.7. The SMILES string of the molecule is CC(C)c1ccc(NC(=O)C(=O)NCC(O)CN(C)C)cc1. The van der Waals surface area contributed by atoms with Gasteiger partial charge in [-0.15, -0.1) is 0 Å². The van der Waals surface area contributed by atoms with Crippen LogP contribution < -0.4 is 10.6 Å². The standard InChI is InChI=1S/C16H25N3O3/c1-11(2)12-5-7-13(8-6-12)18-16(22)15(21)17-9-14(20)10-19(3)4/h5-8,11,14,20H,9-10H2,1-4H3,(H,17,21)(H,18,22). The average Bonchev–Trinajstić information content (AvgIpc) is 2.44. The Balaban J connectivity index is 2.45. The molecule has 1 atom stereocenters. The summed E-state index contributed by atoms with van der Waals surface area (Å²) < 4.78 is 0. The first kappa shape index (κ1) is 18.1. The summed E-state index contributed by atoms with van der Waals surface area (Å²) in [4.78, 5) is 25.2. The van der Waals surface area contributed by atoms with Crippen molar-refractivity contribution in [2.45, 2.75) is 25.9 Å². The summed E-state index contributed by atoms with van der Waals surface area (Å²) in [7, 11) is 3.64. The van der Waals surface area contributed by atoms with E-state index >= 15 is 0 Å². The molecular weight excluding hydrogens is 282 g/mol. The second kappa shape index (κ2) is 8.51. The molecule has 0 heterocycles. The minimum absolute atomic E-state index is 0.0384. The molecule has 1 rings (SSSR count). The lowest BCUT2D eigenvalue weighted by Gasteiger charge is -2.16. The minimum Gasteiger partial charge on any atom is -0.390 e. The van der Waals surface area contributed by atoms with Gasteiger partial charge < -0.3 is 20.6 Å². The van der Waals surface area contributed by atoms with Gasteiger partial charge in [0.05, 0.1) is 6.10 Å². The van der Waals surface area contributed by atoms with Crippen molar-refractivity contribution in [2.75, 3.05) is 32.5 Å². The highest BCUT2D eigenvalue weighted by Gasteiger charge is 2.15. The smallest absolute Gasteiger partial charge is 0.313 e. The lowest BCUT2D eigenvalue weighted by atomic mass is 10.0. The highest BCUT2D eigenvalue weighted by molar-refractivity contribution is 6.39. The summed E-state index contributed by atoms with van der Waals surface area (Å²) in [6.07, 6.45) is -0.711. The van der Waals surface area contributed by atoms with Gasteiger partial charge in [0.2, 0.25) is 0 Å². The lowest BCUT2D eigenvalue weighted by Crippen LogP contribution is -2.42. The molecule has 0 saturated carbocycles. The van der Waals surface area contributed by atoms with Gasteiger partial charge in [-0.1, -0.05) is 26.0 Å². The normalized spacial score (nSPS) is 12.3. The molecule has 0 saturated heterocycles. The number of aliphatic hydroxyl groups excluding tert-OH is 1. The largest absolute Gasteiger partial charge is 0.390 e. The maximum Gasteiger partial charge on any atom is 0.313 e. The van der Waals surface area contributed by atoms with Crippen LogP contribution in [0.15, 0.2) is 24.3 Å². The summed E-state index contributed by atoms with van der Waals surface area (Å²) in [5, 5.41) is 14.6. The van der Waals surface area contributed by atoms with Crippen molar-refractivity contribution in [3.63, 3.8) is 0 Å². The zero-order valence-electron chi connectivity index (χ0n) is 13.6. The Labute approximate surface area is 131 Å². The number of rotatable bonds is 6. The summed E-state index contributed by atoms with van der Waals surface area (Å²) in [5.74, 6) is -1.09. The lowest BCUT2D eigenvalue weighted by molar-refractivity contribution is -0.136. The molecule has 0 aliphatic rings. The molecule has 0 bridgehead atoms. The summed E-state index contributed by atoms with van der Waals surface area (Å²) in [6.45, 7) is 4.62.